The van der Waals surface area contributed by atoms with Crippen LogP contribution in [0.5, 0.6) is 11.5 Å². The summed E-state index contributed by atoms with van der Waals surface area (Å²) in [6.45, 7) is 0.502. The molecular formula is C23H23NO3. The molecule has 4 nitrogen and oxygen atoms in total. The van der Waals surface area contributed by atoms with Crippen molar-refractivity contribution in [3.8, 4) is 11.5 Å². The Hall–Kier alpha value is -3.01. The molecule has 0 saturated carbocycles. The minimum Gasteiger partial charge on any atom is -0.493 e. The Balaban J connectivity index is 1.63. The van der Waals surface area contributed by atoms with Gasteiger partial charge in [-0.25, -0.2) is 0 Å². The summed E-state index contributed by atoms with van der Waals surface area (Å²) >= 11 is 0. The fraction of sp³-hybridized carbons (Fsp3) is 0.261. The zero-order chi connectivity index (χ0) is 19.0. The summed E-state index contributed by atoms with van der Waals surface area (Å²) in [6, 6.07) is 16.1. The maximum Gasteiger partial charge on any atom is 0.254 e. The molecule has 1 amide bonds. The van der Waals surface area contributed by atoms with Crippen molar-refractivity contribution in [3.05, 3.63) is 70.8 Å². The van der Waals surface area contributed by atoms with Gasteiger partial charge in [0.05, 0.1) is 14.2 Å². The van der Waals surface area contributed by atoms with Crippen LogP contribution in [-0.4, -0.2) is 32.1 Å². The molecule has 0 N–H and O–H groups in total. The molecule has 4 rings (SSSR count). The molecule has 4 heteroatoms. The lowest BCUT2D eigenvalue weighted by atomic mass is 9.99. The van der Waals surface area contributed by atoms with Crippen molar-refractivity contribution in [1.82, 2.24) is 4.90 Å². The van der Waals surface area contributed by atoms with E-state index in [1.54, 1.807) is 19.1 Å². The lowest BCUT2D eigenvalue weighted by Crippen LogP contribution is -2.26. The minimum absolute atomic E-state index is 0.0281. The summed E-state index contributed by atoms with van der Waals surface area (Å²) < 4.78 is 10.6. The Kier molecular flexibility index (Phi) is 4.48. The van der Waals surface area contributed by atoms with Crippen molar-refractivity contribution >= 4 is 16.7 Å². The van der Waals surface area contributed by atoms with E-state index >= 15 is 0 Å². The van der Waals surface area contributed by atoms with Crippen molar-refractivity contribution in [2.45, 2.75) is 19.4 Å². The lowest BCUT2D eigenvalue weighted by Gasteiger charge is -2.19. The van der Waals surface area contributed by atoms with E-state index in [4.69, 9.17) is 9.47 Å². The number of nitrogens with zero attached hydrogens (tertiary/aromatic N) is 1. The summed E-state index contributed by atoms with van der Waals surface area (Å²) in [5, 5.41) is 2.33. The number of hydrogen-bond acceptors (Lipinski definition) is 3. The van der Waals surface area contributed by atoms with E-state index in [1.807, 2.05) is 31.3 Å². The monoisotopic (exact) mass is 361 g/mol. The molecule has 27 heavy (non-hydrogen) atoms. The number of amides is 1. The number of ether oxygens (including phenoxy) is 2. The van der Waals surface area contributed by atoms with Crippen LogP contribution in [0.1, 0.15) is 27.0 Å². The first-order valence-electron chi connectivity index (χ1n) is 9.12. The molecule has 0 aromatic heterocycles. The molecule has 3 aromatic rings. The second kappa shape index (κ2) is 6.95. The summed E-state index contributed by atoms with van der Waals surface area (Å²) in [4.78, 5) is 14.9. The second-order valence-corrected chi connectivity index (χ2v) is 6.96. The molecule has 0 saturated heterocycles. The van der Waals surface area contributed by atoms with Crippen LogP contribution in [0.2, 0.25) is 0 Å². The third-order valence-corrected chi connectivity index (χ3v) is 5.32. The van der Waals surface area contributed by atoms with Crippen LogP contribution in [0.15, 0.2) is 48.5 Å². The van der Waals surface area contributed by atoms with Gasteiger partial charge in [0.15, 0.2) is 11.5 Å². The standard InChI is InChI=1S/C23H23NO3/c1-24(14-15-7-12-20(26-2)21(13-15)27-3)23(25)19-11-10-17-9-8-16-5-4-6-18(19)22(16)17/h4-7,10-13H,8-9,14H2,1-3H3. The van der Waals surface area contributed by atoms with Crippen molar-refractivity contribution < 1.29 is 14.3 Å². The van der Waals surface area contributed by atoms with Crippen LogP contribution in [0, 0.1) is 0 Å². The Bertz CT molecular complexity index is 1020. The van der Waals surface area contributed by atoms with E-state index in [1.165, 1.54) is 16.5 Å². The zero-order valence-electron chi connectivity index (χ0n) is 15.9. The van der Waals surface area contributed by atoms with Gasteiger partial charge in [-0.3, -0.25) is 4.79 Å². The second-order valence-electron chi connectivity index (χ2n) is 6.96. The molecule has 0 atom stereocenters. The first kappa shape index (κ1) is 17.4. The van der Waals surface area contributed by atoms with E-state index in [0.29, 0.717) is 18.0 Å². The predicted molar refractivity (Wildman–Crippen MR) is 107 cm³/mol. The quantitative estimate of drug-likeness (QED) is 0.683. The molecule has 0 unspecified atom stereocenters. The molecule has 0 heterocycles. The average molecular weight is 361 g/mol. The van der Waals surface area contributed by atoms with Crippen LogP contribution >= 0.6 is 0 Å². The fourth-order valence-electron chi connectivity index (χ4n) is 3.96. The van der Waals surface area contributed by atoms with Crippen molar-refractivity contribution in [1.29, 1.82) is 0 Å². The summed E-state index contributed by atoms with van der Waals surface area (Å²) in [7, 11) is 5.06. The third kappa shape index (κ3) is 3.01. The van der Waals surface area contributed by atoms with E-state index in [-0.39, 0.29) is 5.91 Å². The van der Waals surface area contributed by atoms with Gasteiger partial charge in [-0.05, 0) is 58.5 Å². The topological polar surface area (TPSA) is 38.8 Å². The normalized spacial score (nSPS) is 12.3. The highest BCUT2D eigenvalue weighted by atomic mass is 16.5. The maximum absolute atomic E-state index is 13.2. The lowest BCUT2D eigenvalue weighted by molar-refractivity contribution is 0.0787. The third-order valence-electron chi connectivity index (χ3n) is 5.32. The van der Waals surface area contributed by atoms with Gasteiger partial charge >= 0.3 is 0 Å². The number of aryl methyl sites for hydroxylation is 2. The highest BCUT2D eigenvalue weighted by molar-refractivity contribution is 6.09. The van der Waals surface area contributed by atoms with E-state index in [0.717, 1.165) is 29.4 Å². The predicted octanol–water partition coefficient (Wildman–Crippen LogP) is 4.23. The SMILES string of the molecule is COc1ccc(CN(C)C(=O)c2ccc3c4c(cccc24)CC3)cc1OC. The van der Waals surface area contributed by atoms with Crippen LogP contribution in [0.4, 0.5) is 0 Å². The number of hydrogen-bond donors (Lipinski definition) is 0. The van der Waals surface area contributed by atoms with Crippen molar-refractivity contribution in [2.24, 2.45) is 0 Å². The zero-order valence-corrected chi connectivity index (χ0v) is 15.9. The maximum atomic E-state index is 13.2. The molecular weight excluding hydrogens is 338 g/mol. The summed E-state index contributed by atoms with van der Waals surface area (Å²) in [5.41, 5.74) is 4.45. The summed E-state index contributed by atoms with van der Waals surface area (Å²) in [6.07, 6.45) is 2.12. The minimum atomic E-state index is 0.0281. The van der Waals surface area contributed by atoms with Crippen LogP contribution in [0.3, 0.4) is 0 Å². The van der Waals surface area contributed by atoms with Gasteiger partial charge in [-0.2, -0.15) is 0 Å². The molecule has 3 aromatic carbocycles. The van der Waals surface area contributed by atoms with Gasteiger partial charge in [-0.15, -0.1) is 0 Å². The van der Waals surface area contributed by atoms with Gasteiger partial charge in [0, 0.05) is 19.2 Å². The summed E-state index contributed by atoms with van der Waals surface area (Å²) in [5.74, 6) is 1.38. The Labute approximate surface area is 159 Å². The molecule has 0 aliphatic heterocycles. The number of carbonyl (C=O) groups excluding carboxylic acids is 1. The molecule has 0 bridgehead atoms. The smallest absolute Gasteiger partial charge is 0.254 e. The van der Waals surface area contributed by atoms with Gasteiger partial charge in [0.2, 0.25) is 0 Å². The average Bonchev–Trinajstić information content (AvgIpc) is 3.12. The molecule has 1 aliphatic rings. The number of methoxy groups -OCH3 is 2. The highest BCUT2D eigenvalue weighted by Crippen LogP contribution is 2.33. The first-order chi connectivity index (χ1) is 13.1. The fourth-order valence-corrected chi connectivity index (χ4v) is 3.96. The Morgan fingerprint density at radius 2 is 1.70 bits per heavy atom. The van der Waals surface area contributed by atoms with Gasteiger partial charge in [0.1, 0.15) is 0 Å². The van der Waals surface area contributed by atoms with E-state index in [2.05, 4.69) is 24.3 Å². The van der Waals surface area contributed by atoms with E-state index < -0.39 is 0 Å². The van der Waals surface area contributed by atoms with Gasteiger partial charge in [0.25, 0.3) is 5.91 Å². The van der Waals surface area contributed by atoms with Crippen LogP contribution < -0.4 is 9.47 Å². The number of benzene rings is 3. The first-order valence-corrected chi connectivity index (χ1v) is 9.12. The molecule has 1 aliphatic carbocycles. The number of carbonyl (C=O) groups is 1. The molecule has 0 spiro atoms. The largest absolute Gasteiger partial charge is 0.493 e. The van der Waals surface area contributed by atoms with E-state index in [9.17, 15) is 4.79 Å². The molecule has 0 fully saturated rings. The van der Waals surface area contributed by atoms with Gasteiger partial charge < -0.3 is 14.4 Å². The Morgan fingerprint density at radius 3 is 2.44 bits per heavy atom. The Morgan fingerprint density at radius 1 is 0.963 bits per heavy atom. The highest BCUT2D eigenvalue weighted by Gasteiger charge is 2.21. The van der Waals surface area contributed by atoms with Gasteiger partial charge in [-0.1, -0.05) is 30.3 Å². The van der Waals surface area contributed by atoms with Crippen molar-refractivity contribution in [2.75, 3.05) is 21.3 Å². The van der Waals surface area contributed by atoms with Crippen LogP contribution in [-0.2, 0) is 19.4 Å². The molecule has 138 valence electrons. The van der Waals surface area contributed by atoms with Crippen molar-refractivity contribution in [3.63, 3.8) is 0 Å². The molecule has 0 radical (unpaired) electrons. The number of rotatable bonds is 5. The van der Waals surface area contributed by atoms with Crippen LogP contribution in [0.25, 0.3) is 10.8 Å².